The number of hydrogen-bond donors (Lipinski definition) is 4. The fourth-order valence-corrected chi connectivity index (χ4v) is 2.14. The standard InChI is InChI=1S/C10H14O6S/c1-10(2,3)5-4-6(11)8(13)9(7(5)12)17(14,15)16/h4,11-13H,1-3H3,(H,14,15,16). The Morgan fingerprint density at radius 3 is 1.88 bits per heavy atom. The van der Waals surface area contributed by atoms with Gasteiger partial charge in [-0.25, -0.2) is 0 Å². The van der Waals surface area contributed by atoms with Crippen molar-refractivity contribution in [2.45, 2.75) is 31.1 Å². The second-order valence-electron chi connectivity index (χ2n) is 4.69. The molecule has 0 aliphatic carbocycles. The van der Waals surface area contributed by atoms with Crippen LogP contribution in [0.1, 0.15) is 26.3 Å². The molecule has 1 aromatic rings. The monoisotopic (exact) mass is 262 g/mol. The average Bonchev–Trinajstić information content (AvgIpc) is 2.07. The molecule has 0 aliphatic heterocycles. The topological polar surface area (TPSA) is 115 Å². The van der Waals surface area contributed by atoms with Crippen molar-refractivity contribution in [3.05, 3.63) is 11.6 Å². The van der Waals surface area contributed by atoms with E-state index in [9.17, 15) is 23.7 Å². The molecule has 1 rings (SSSR count). The van der Waals surface area contributed by atoms with Crippen molar-refractivity contribution in [1.82, 2.24) is 0 Å². The van der Waals surface area contributed by atoms with E-state index in [0.717, 1.165) is 6.07 Å². The molecule has 0 amide bonds. The fourth-order valence-electron chi connectivity index (χ4n) is 1.44. The first-order chi connectivity index (χ1) is 7.46. The lowest BCUT2D eigenvalue weighted by molar-refractivity contribution is 0.365. The molecule has 96 valence electrons. The van der Waals surface area contributed by atoms with E-state index in [-0.39, 0.29) is 5.56 Å². The zero-order chi connectivity index (χ0) is 13.6. The van der Waals surface area contributed by atoms with Crippen LogP contribution < -0.4 is 0 Å². The molecule has 0 spiro atoms. The van der Waals surface area contributed by atoms with Gasteiger partial charge in [-0.15, -0.1) is 0 Å². The minimum atomic E-state index is -4.83. The predicted molar refractivity (Wildman–Crippen MR) is 60.0 cm³/mol. The largest absolute Gasteiger partial charge is 0.506 e. The lowest BCUT2D eigenvalue weighted by Crippen LogP contribution is -2.13. The van der Waals surface area contributed by atoms with Crippen LogP contribution >= 0.6 is 0 Å². The number of phenols is 3. The molecule has 1 aromatic carbocycles. The Morgan fingerprint density at radius 2 is 1.53 bits per heavy atom. The molecule has 17 heavy (non-hydrogen) atoms. The summed E-state index contributed by atoms with van der Waals surface area (Å²) >= 11 is 0. The van der Waals surface area contributed by atoms with Crippen molar-refractivity contribution < 1.29 is 28.3 Å². The summed E-state index contributed by atoms with van der Waals surface area (Å²) in [5.74, 6) is -2.56. The molecule has 0 fully saturated rings. The maximum absolute atomic E-state index is 11.0. The summed E-state index contributed by atoms with van der Waals surface area (Å²) in [6.07, 6.45) is 0. The lowest BCUT2D eigenvalue weighted by atomic mass is 9.86. The van der Waals surface area contributed by atoms with E-state index in [1.165, 1.54) is 0 Å². The Kier molecular flexibility index (Phi) is 3.02. The maximum atomic E-state index is 11.0. The molecule has 0 heterocycles. The first-order valence-corrected chi connectivity index (χ1v) is 6.16. The van der Waals surface area contributed by atoms with E-state index >= 15 is 0 Å². The second-order valence-corrected chi connectivity index (χ2v) is 6.05. The van der Waals surface area contributed by atoms with Gasteiger partial charge in [-0.1, -0.05) is 20.8 Å². The van der Waals surface area contributed by atoms with Gasteiger partial charge >= 0.3 is 10.1 Å². The Labute approximate surface area is 98.9 Å². The van der Waals surface area contributed by atoms with Crippen LogP contribution in [0.4, 0.5) is 0 Å². The van der Waals surface area contributed by atoms with Gasteiger partial charge in [0.2, 0.25) is 0 Å². The number of aromatic hydroxyl groups is 3. The van der Waals surface area contributed by atoms with Gasteiger partial charge in [-0.3, -0.25) is 4.55 Å². The molecule has 4 N–H and O–H groups in total. The van der Waals surface area contributed by atoms with E-state index in [1.807, 2.05) is 0 Å². The van der Waals surface area contributed by atoms with Crippen LogP contribution in [-0.4, -0.2) is 28.3 Å². The summed E-state index contributed by atoms with van der Waals surface area (Å²) in [5, 5.41) is 28.5. The van der Waals surface area contributed by atoms with Crippen molar-refractivity contribution in [3.63, 3.8) is 0 Å². The Hall–Kier alpha value is -1.47. The van der Waals surface area contributed by atoms with Crippen LogP contribution in [0.25, 0.3) is 0 Å². The number of benzene rings is 1. The van der Waals surface area contributed by atoms with Crippen LogP contribution in [0, 0.1) is 0 Å². The third kappa shape index (κ3) is 2.45. The van der Waals surface area contributed by atoms with Gasteiger partial charge in [0, 0.05) is 5.56 Å². The molecule has 0 aliphatic rings. The van der Waals surface area contributed by atoms with Crippen LogP contribution in [0.2, 0.25) is 0 Å². The molecular formula is C10H14O6S. The van der Waals surface area contributed by atoms with E-state index in [1.54, 1.807) is 20.8 Å². The highest BCUT2D eigenvalue weighted by molar-refractivity contribution is 7.86. The van der Waals surface area contributed by atoms with Gasteiger partial charge in [0.05, 0.1) is 0 Å². The van der Waals surface area contributed by atoms with Gasteiger partial charge < -0.3 is 15.3 Å². The van der Waals surface area contributed by atoms with Crippen molar-refractivity contribution >= 4 is 10.1 Å². The zero-order valence-electron chi connectivity index (χ0n) is 9.59. The van der Waals surface area contributed by atoms with Gasteiger partial charge in [-0.2, -0.15) is 8.42 Å². The van der Waals surface area contributed by atoms with Crippen LogP contribution in [0.3, 0.4) is 0 Å². The smallest absolute Gasteiger partial charge is 0.302 e. The molecule has 0 saturated heterocycles. The molecule has 0 aromatic heterocycles. The summed E-state index contributed by atoms with van der Waals surface area (Å²) in [4.78, 5) is -1.08. The van der Waals surface area contributed by atoms with E-state index in [2.05, 4.69) is 0 Å². The SMILES string of the molecule is CC(C)(C)c1cc(O)c(O)c(S(=O)(=O)O)c1O. The molecule has 0 radical (unpaired) electrons. The van der Waals surface area contributed by atoms with Crippen molar-refractivity contribution in [3.8, 4) is 17.2 Å². The fraction of sp³-hybridized carbons (Fsp3) is 0.400. The number of hydrogen-bond acceptors (Lipinski definition) is 5. The van der Waals surface area contributed by atoms with Crippen LogP contribution in [0.15, 0.2) is 11.0 Å². The quantitative estimate of drug-likeness (QED) is 0.345. The Bertz CT molecular complexity index is 553. The third-order valence-corrected chi connectivity index (χ3v) is 3.18. The highest BCUT2D eigenvalue weighted by Gasteiger charge is 2.30. The molecule has 6 nitrogen and oxygen atoms in total. The van der Waals surface area contributed by atoms with Crippen molar-refractivity contribution in [2.24, 2.45) is 0 Å². The maximum Gasteiger partial charge on any atom is 0.302 e. The zero-order valence-corrected chi connectivity index (χ0v) is 10.4. The minimum Gasteiger partial charge on any atom is -0.506 e. The molecule has 0 saturated carbocycles. The predicted octanol–water partition coefficient (Wildman–Crippen LogP) is 1.35. The molecule has 0 unspecified atom stereocenters. The van der Waals surface area contributed by atoms with Gasteiger partial charge in [0.1, 0.15) is 5.75 Å². The summed E-state index contributed by atoms with van der Waals surface area (Å²) < 4.78 is 31.0. The summed E-state index contributed by atoms with van der Waals surface area (Å²) in [6, 6.07) is 1.05. The summed E-state index contributed by atoms with van der Waals surface area (Å²) in [6.45, 7) is 5.02. The Balaban J connectivity index is 3.80. The first-order valence-electron chi connectivity index (χ1n) is 4.72. The third-order valence-electron chi connectivity index (χ3n) is 2.27. The lowest BCUT2D eigenvalue weighted by Gasteiger charge is -2.22. The van der Waals surface area contributed by atoms with E-state index < -0.39 is 37.7 Å². The summed E-state index contributed by atoms with van der Waals surface area (Å²) in [5.41, 5.74) is -0.574. The van der Waals surface area contributed by atoms with Gasteiger partial charge in [0.25, 0.3) is 0 Å². The molecule has 0 atom stereocenters. The molecular weight excluding hydrogens is 248 g/mol. The first kappa shape index (κ1) is 13.6. The van der Waals surface area contributed by atoms with Crippen molar-refractivity contribution in [1.29, 1.82) is 0 Å². The number of rotatable bonds is 1. The minimum absolute atomic E-state index is 0.0976. The summed E-state index contributed by atoms with van der Waals surface area (Å²) in [7, 11) is -4.83. The molecule has 0 bridgehead atoms. The highest BCUT2D eigenvalue weighted by atomic mass is 32.2. The van der Waals surface area contributed by atoms with Crippen LogP contribution in [0.5, 0.6) is 17.2 Å². The van der Waals surface area contributed by atoms with E-state index in [4.69, 9.17) is 4.55 Å². The van der Waals surface area contributed by atoms with Crippen LogP contribution in [-0.2, 0) is 15.5 Å². The second kappa shape index (κ2) is 3.78. The Morgan fingerprint density at radius 1 is 1.06 bits per heavy atom. The highest BCUT2D eigenvalue weighted by Crippen LogP contribution is 2.45. The normalized spacial score (nSPS) is 12.7. The van der Waals surface area contributed by atoms with E-state index in [0.29, 0.717) is 0 Å². The van der Waals surface area contributed by atoms with Gasteiger partial charge in [-0.05, 0) is 11.5 Å². The van der Waals surface area contributed by atoms with Gasteiger partial charge in [0.15, 0.2) is 16.4 Å². The van der Waals surface area contributed by atoms with Crippen molar-refractivity contribution in [2.75, 3.05) is 0 Å². The number of phenolic OH excluding ortho intramolecular Hbond substituents is 3. The average molecular weight is 262 g/mol. The molecule has 7 heteroatoms.